The van der Waals surface area contributed by atoms with Gasteiger partial charge in [-0.1, -0.05) is 30.3 Å². The predicted molar refractivity (Wildman–Crippen MR) is 84.0 cm³/mol. The number of hydrogen-bond donors (Lipinski definition) is 1. The van der Waals surface area contributed by atoms with Crippen molar-refractivity contribution >= 4 is 17.3 Å². The number of fused-ring (bicyclic) bond motifs is 1. The van der Waals surface area contributed by atoms with E-state index in [1.54, 1.807) is 19.1 Å². The Bertz CT molecular complexity index is 644. The summed E-state index contributed by atoms with van der Waals surface area (Å²) in [5, 5.41) is 3.29. The number of methoxy groups -OCH3 is 1. The smallest absolute Gasteiger partial charge is 0.249 e. The molecule has 108 valence electrons. The quantitative estimate of drug-likeness (QED) is 0.941. The van der Waals surface area contributed by atoms with Crippen LogP contribution in [0.15, 0.2) is 48.5 Å². The summed E-state index contributed by atoms with van der Waals surface area (Å²) < 4.78 is 5.33. The molecule has 1 heterocycles. The lowest BCUT2D eigenvalue weighted by Gasteiger charge is -2.23. The van der Waals surface area contributed by atoms with Gasteiger partial charge in [-0.25, -0.2) is 0 Å². The molecule has 2 aromatic rings. The molecule has 4 heteroatoms. The molecule has 21 heavy (non-hydrogen) atoms. The Labute approximate surface area is 124 Å². The first kappa shape index (κ1) is 13.5. The number of nitrogens with zero attached hydrogens (tertiary/aromatic N) is 1. The minimum absolute atomic E-state index is 0.0377. The fraction of sp³-hybridized carbons (Fsp3) is 0.235. The molecule has 0 saturated carbocycles. The van der Waals surface area contributed by atoms with E-state index < -0.39 is 0 Å². The monoisotopic (exact) mass is 282 g/mol. The van der Waals surface area contributed by atoms with Crippen molar-refractivity contribution in [2.24, 2.45) is 0 Å². The lowest BCUT2D eigenvalue weighted by Crippen LogP contribution is -2.40. The predicted octanol–water partition coefficient (Wildman–Crippen LogP) is 2.69. The van der Waals surface area contributed by atoms with Gasteiger partial charge in [-0.15, -0.1) is 0 Å². The molecule has 0 spiro atoms. The molecule has 4 nitrogen and oxygen atoms in total. The van der Waals surface area contributed by atoms with Crippen LogP contribution < -0.4 is 15.0 Å². The van der Waals surface area contributed by atoms with Gasteiger partial charge in [0.25, 0.3) is 0 Å². The van der Waals surface area contributed by atoms with Gasteiger partial charge < -0.3 is 15.0 Å². The standard InChI is InChI=1S/C17H18N2O2/c1-19(15-9-5-6-10-16(15)21-2)17(20)14-11-12-7-3-4-8-13(12)18-14/h3-10,14,18H,11H2,1-2H3/t14-/m0/s1. The van der Waals surface area contributed by atoms with Crippen LogP contribution in [0.2, 0.25) is 0 Å². The summed E-state index contributed by atoms with van der Waals surface area (Å²) in [7, 11) is 3.39. The first-order valence-corrected chi connectivity index (χ1v) is 6.95. The molecule has 1 aliphatic heterocycles. The zero-order valence-corrected chi connectivity index (χ0v) is 12.2. The number of ether oxygens (including phenoxy) is 1. The second kappa shape index (κ2) is 5.48. The van der Waals surface area contributed by atoms with Crippen LogP contribution in [0.4, 0.5) is 11.4 Å². The second-order valence-electron chi connectivity index (χ2n) is 5.13. The third kappa shape index (κ3) is 2.44. The summed E-state index contributed by atoms with van der Waals surface area (Å²) in [4.78, 5) is 14.3. The molecule has 0 saturated heterocycles. The molecule has 2 aromatic carbocycles. The number of hydrogen-bond acceptors (Lipinski definition) is 3. The zero-order valence-electron chi connectivity index (χ0n) is 12.2. The van der Waals surface area contributed by atoms with Crippen LogP contribution in [0.25, 0.3) is 0 Å². The van der Waals surface area contributed by atoms with Gasteiger partial charge in [-0.05, 0) is 23.8 Å². The van der Waals surface area contributed by atoms with Crippen molar-refractivity contribution in [3.63, 3.8) is 0 Å². The van der Waals surface area contributed by atoms with Crippen LogP contribution in [0.5, 0.6) is 5.75 Å². The van der Waals surface area contributed by atoms with Crippen LogP contribution in [-0.4, -0.2) is 26.1 Å². The molecule has 0 aliphatic carbocycles. The van der Waals surface area contributed by atoms with Crippen LogP contribution in [0.1, 0.15) is 5.56 Å². The molecule has 3 rings (SSSR count). The molecule has 0 unspecified atom stereocenters. The van der Waals surface area contributed by atoms with Crippen molar-refractivity contribution < 1.29 is 9.53 Å². The van der Waals surface area contributed by atoms with Crippen molar-refractivity contribution in [3.05, 3.63) is 54.1 Å². The maximum Gasteiger partial charge on any atom is 0.249 e. The summed E-state index contributed by atoms with van der Waals surface area (Å²) in [5.41, 5.74) is 3.01. The molecule has 0 radical (unpaired) electrons. The number of nitrogens with one attached hydrogen (secondary N) is 1. The van der Waals surface area contributed by atoms with Crippen LogP contribution in [-0.2, 0) is 11.2 Å². The minimum atomic E-state index is -0.225. The van der Waals surface area contributed by atoms with Crippen LogP contribution in [0.3, 0.4) is 0 Å². The average molecular weight is 282 g/mol. The Morgan fingerprint density at radius 3 is 2.67 bits per heavy atom. The number of carbonyl (C=O) groups is 1. The van der Waals surface area contributed by atoms with Gasteiger partial charge in [0.15, 0.2) is 0 Å². The summed E-state index contributed by atoms with van der Waals surface area (Å²) in [6.07, 6.45) is 0.717. The molecule has 0 fully saturated rings. The number of amides is 1. The Hall–Kier alpha value is -2.49. The largest absolute Gasteiger partial charge is 0.495 e. The highest BCUT2D eigenvalue weighted by molar-refractivity contribution is 6.00. The number of para-hydroxylation sites is 3. The van der Waals surface area contributed by atoms with E-state index in [2.05, 4.69) is 11.4 Å². The van der Waals surface area contributed by atoms with E-state index in [4.69, 9.17) is 4.74 Å². The molecule has 1 aliphatic rings. The van der Waals surface area contributed by atoms with Crippen molar-refractivity contribution in [2.45, 2.75) is 12.5 Å². The fourth-order valence-electron chi connectivity index (χ4n) is 2.71. The summed E-state index contributed by atoms with van der Waals surface area (Å²) in [6.45, 7) is 0. The molecular formula is C17H18N2O2. The molecular weight excluding hydrogens is 264 g/mol. The molecule has 1 atom stereocenters. The first-order valence-electron chi connectivity index (χ1n) is 6.95. The number of rotatable bonds is 3. The van der Waals surface area contributed by atoms with Gasteiger partial charge in [-0.2, -0.15) is 0 Å². The van der Waals surface area contributed by atoms with Crippen molar-refractivity contribution in [3.8, 4) is 5.75 Å². The third-order valence-corrected chi connectivity index (χ3v) is 3.85. The Kier molecular flexibility index (Phi) is 3.52. The maximum absolute atomic E-state index is 12.7. The third-order valence-electron chi connectivity index (χ3n) is 3.85. The van der Waals surface area contributed by atoms with Gasteiger partial charge in [0.05, 0.1) is 12.8 Å². The van der Waals surface area contributed by atoms with Crippen molar-refractivity contribution in [1.29, 1.82) is 0 Å². The maximum atomic E-state index is 12.7. The Morgan fingerprint density at radius 1 is 1.19 bits per heavy atom. The summed E-state index contributed by atoms with van der Waals surface area (Å²) in [6, 6.07) is 15.3. The van der Waals surface area contributed by atoms with Gasteiger partial charge in [-0.3, -0.25) is 4.79 Å². The van der Waals surface area contributed by atoms with E-state index >= 15 is 0 Å². The van der Waals surface area contributed by atoms with E-state index in [1.165, 1.54) is 5.56 Å². The fourth-order valence-corrected chi connectivity index (χ4v) is 2.71. The van der Waals surface area contributed by atoms with E-state index in [0.29, 0.717) is 12.2 Å². The van der Waals surface area contributed by atoms with Crippen LogP contribution in [0, 0.1) is 0 Å². The van der Waals surface area contributed by atoms with E-state index in [-0.39, 0.29) is 11.9 Å². The lowest BCUT2D eigenvalue weighted by molar-refractivity contribution is -0.118. The number of anilines is 2. The SMILES string of the molecule is COc1ccccc1N(C)C(=O)[C@@H]1Cc2ccccc2N1. The molecule has 1 amide bonds. The topological polar surface area (TPSA) is 41.6 Å². The van der Waals surface area contributed by atoms with Crippen molar-refractivity contribution in [2.75, 3.05) is 24.4 Å². The summed E-state index contributed by atoms with van der Waals surface area (Å²) >= 11 is 0. The highest BCUT2D eigenvalue weighted by Gasteiger charge is 2.29. The normalized spacial score (nSPS) is 16.0. The molecule has 1 N–H and O–H groups in total. The van der Waals surface area contributed by atoms with Gasteiger partial charge >= 0.3 is 0 Å². The first-order chi connectivity index (χ1) is 10.2. The average Bonchev–Trinajstić information content (AvgIpc) is 2.97. The minimum Gasteiger partial charge on any atom is -0.495 e. The molecule has 0 bridgehead atoms. The van der Waals surface area contributed by atoms with Gasteiger partial charge in [0.1, 0.15) is 11.8 Å². The number of likely N-dealkylation sites (N-methyl/N-ethyl adjacent to an activating group) is 1. The Balaban J connectivity index is 1.80. The Morgan fingerprint density at radius 2 is 1.90 bits per heavy atom. The van der Waals surface area contributed by atoms with Crippen LogP contribution >= 0.6 is 0 Å². The van der Waals surface area contributed by atoms with Crippen molar-refractivity contribution in [1.82, 2.24) is 0 Å². The number of carbonyl (C=O) groups excluding carboxylic acids is 1. The molecule has 0 aromatic heterocycles. The lowest BCUT2D eigenvalue weighted by atomic mass is 10.1. The van der Waals surface area contributed by atoms with E-state index in [0.717, 1.165) is 11.4 Å². The summed E-state index contributed by atoms with van der Waals surface area (Å²) in [5.74, 6) is 0.736. The second-order valence-corrected chi connectivity index (χ2v) is 5.13. The van der Waals surface area contributed by atoms with E-state index in [1.807, 2.05) is 42.5 Å². The number of benzene rings is 2. The van der Waals surface area contributed by atoms with Gasteiger partial charge in [0, 0.05) is 19.2 Å². The highest BCUT2D eigenvalue weighted by atomic mass is 16.5. The highest BCUT2D eigenvalue weighted by Crippen LogP contribution is 2.30. The van der Waals surface area contributed by atoms with Gasteiger partial charge in [0.2, 0.25) is 5.91 Å². The van der Waals surface area contributed by atoms with E-state index in [9.17, 15) is 4.79 Å². The zero-order chi connectivity index (χ0) is 14.8.